The predicted molar refractivity (Wildman–Crippen MR) is 86.3 cm³/mol. The summed E-state index contributed by atoms with van der Waals surface area (Å²) in [6.45, 7) is 1.59. The number of para-hydroxylation sites is 1. The number of nitrogens with zero attached hydrogens (tertiary/aromatic N) is 1. The van der Waals surface area contributed by atoms with E-state index in [9.17, 15) is 4.79 Å². The zero-order chi connectivity index (χ0) is 16.1. The van der Waals surface area contributed by atoms with Crippen LogP contribution in [-0.4, -0.2) is 12.0 Å². The molecule has 0 saturated heterocycles. The number of carbonyl (C=O) groups excluding carboxylic acids is 1. The number of halogens is 2. The second-order valence-electron chi connectivity index (χ2n) is 4.48. The van der Waals surface area contributed by atoms with Gasteiger partial charge in [-0.15, -0.1) is 0 Å². The molecule has 4 nitrogen and oxygen atoms in total. The monoisotopic (exact) mass is 334 g/mol. The third kappa shape index (κ3) is 3.91. The minimum absolute atomic E-state index is 0.352. The number of carbonyl (C=O) groups is 1. The van der Waals surface area contributed by atoms with Crippen molar-refractivity contribution in [2.75, 3.05) is 5.32 Å². The van der Waals surface area contributed by atoms with Gasteiger partial charge in [-0.25, -0.2) is 0 Å². The Hall–Kier alpha value is -2.22. The Morgan fingerprint density at radius 1 is 1.27 bits per heavy atom. The number of hydrogen-bond acceptors (Lipinski definition) is 3. The largest absolute Gasteiger partial charge is 0.480 e. The van der Waals surface area contributed by atoms with E-state index in [1.807, 2.05) is 6.07 Å². The lowest BCUT2D eigenvalue weighted by atomic mass is 10.2. The Morgan fingerprint density at radius 3 is 2.73 bits per heavy atom. The lowest BCUT2D eigenvalue weighted by molar-refractivity contribution is -0.122. The van der Waals surface area contributed by atoms with E-state index in [4.69, 9.17) is 33.2 Å². The van der Waals surface area contributed by atoms with Crippen molar-refractivity contribution < 1.29 is 9.53 Å². The van der Waals surface area contributed by atoms with Crippen molar-refractivity contribution in [2.24, 2.45) is 0 Å². The summed E-state index contributed by atoms with van der Waals surface area (Å²) in [6, 6.07) is 13.5. The fraction of sp³-hybridized carbons (Fsp3) is 0.125. The van der Waals surface area contributed by atoms with Crippen molar-refractivity contribution in [3.05, 3.63) is 58.1 Å². The van der Waals surface area contributed by atoms with Gasteiger partial charge in [-0.05, 0) is 37.3 Å². The molecular weight excluding hydrogens is 323 g/mol. The number of amides is 1. The molecule has 0 aromatic heterocycles. The number of nitriles is 1. The van der Waals surface area contributed by atoms with Crippen molar-refractivity contribution in [3.8, 4) is 11.8 Å². The SMILES string of the molecule is CC(Oc1ccccc1C#N)C(=O)Nc1cc(Cl)ccc1Cl. The van der Waals surface area contributed by atoms with E-state index in [0.29, 0.717) is 27.0 Å². The van der Waals surface area contributed by atoms with Crippen molar-refractivity contribution >= 4 is 34.8 Å². The average Bonchev–Trinajstić information content (AvgIpc) is 2.51. The topological polar surface area (TPSA) is 62.1 Å². The van der Waals surface area contributed by atoms with Gasteiger partial charge in [-0.3, -0.25) is 4.79 Å². The van der Waals surface area contributed by atoms with Crippen LogP contribution < -0.4 is 10.1 Å². The number of ether oxygens (including phenoxy) is 1. The maximum absolute atomic E-state index is 12.2. The molecule has 2 aromatic carbocycles. The van der Waals surface area contributed by atoms with Crippen LogP contribution in [-0.2, 0) is 4.79 Å². The molecule has 0 fully saturated rings. The van der Waals surface area contributed by atoms with E-state index in [1.165, 1.54) is 0 Å². The summed E-state index contributed by atoms with van der Waals surface area (Å²) >= 11 is 11.9. The van der Waals surface area contributed by atoms with Crippen LogP contribution in [0.3, 0.4) is 0 Å². The third-order valence-corrected chi connectivity index (χ3v) is 3.43. The van der Waals surface area contributed by atoms with Crippen molar-refractivity contribution in [3.63, 3.8) is 0 Å². The van der Waals surface area contributed by atoms with E-state index >= 15 is 0 Å². The molecule has 0 bridgehead atoms. The molecule has 0 heterocycles. The van der Waals surface area contributed by atoms with Crippen LogP contribution in [0.2, 0.25) is 10.0 Å². The maximum Gasteiger partial charge on any atom is 0.265 e. The minimum atomic E-state index is -0.801. The van der Waals surface area contributed by atoms with E-state index in [-0.39, 0.29) is 0 Å². The number of benzene rings is 2. The summed E-state index contributed by atoms with van der Waals surface area (Å²) in [4.78, 5) is 12.2. The van der Waals surface area contributed by atoms with Crippen LogP contribution in [0.15, 0.2) is 42.5 Å². The highest BCUT2D eigenvalue weighted by atomic mass is 35.5. The zero-order valence-electron chi connectivity index (χ0n) is 11.6. The molecule has 22 heavy (non-hydrogen) atoms. The normalized spacial score (nSPS) is 11.4. The molecule has 1 N–H and O–H groups in total. The van der Waals surface area contributed by atoms with Crippen LogP contribution in [0, 0.1) is 11.3 Å². The maximum atomic E-state index is 12.2. The van der Waals surface area contributed by atoms with Gasteiger partial charge in [0.25, 0.3) is 5.91 Å². The Labute approximate surface area is 138 Å². The zero-order valence-corrected chi connectivity index (χ0v) is 13.2. The molecular formula is C16H12Cl2N2O2. The van der Waals surface area contributed by atoms with E-state index in [1.54, 1.807) is 49.4 Å². The Kier molecular flexibility index (Phi) is 5.26. The van der Waals surface area contributed by atoms with Crippen LogP contribution in [0.5, 0.6) is 5.75 Å². The van der Waals surface area contributed by atoms with Crippen LogP contribution in [0.1, 0.15) is 12.5 Å². The van der Waals surface area contributed by atoms with Gasteiger partial charge < -0.3 is 10.1 Å². The predicted octanol–water partition coefficient (Wildman–Crippen LogP) is 4.27. The summed E-state index contributed by atoms with van der Waals surface area (Å²) in [5.74, 6) is -0.0400. The fourth-order valence-electron chi connectivity index (χ4n) is 1.73. The molecule has 1 amide bonds. The second kappa shape index (κ2) is 7.17. The van der Waals surface area contributed by atoms with Crippen LogP contribution >= 0.6 is 23.2 Å². The minimum Gasteiger partial charge on any atom is -0.480 e. The van der Waals surface area contributed by atoms with Crippen molar-refractivity contribution in [1.29, 1.82) is 5.26 Å². The summed E-state index contributed by atoms with van der Waals surface area (Å²) in [5.41, 5.74) is 0.770. The molecule has 1 atom stereocenters. The summed E-state index contributed by atoms with van der Waals surface area (Å²) < 4.78 is 5.53. The van der Waals surface area contributed by atoms with Crippen molar-refractivity contribution in [1.82, 2.24) is 0 Å². The van der Waals surface area contributed by atoms with Crippen LogP contribution in [0.4, 0.5) is 5.69 Å². The molecule has 0 aliphatic carbocycles. The van der Waals surface area contributed by atoms with Gasteiger partial charge in [-0.2, -0.15) is 5.26 Å². The van der Waals surface area contributed by atoms with E-state index in [0.717, 1.165) is 0 Å². The molecule has 1 unspecified atom stereocenters. The molecule has 0 spiro atoms. The summed E-state index contributed by atoms with van der Waals surface area (Å²) in [5, 5.41) is 12.5. The molecule has 0 aliphatic rings. The van der Waals surface area contributed by atoms with Gasteiger partial charge >= 0.3 is 0 Å². The highest BCUT2D eigenvalue weighted by Crippen LogP contribution is 2.26. The molecule has 0 radical (unpaired) electrons. The Morgan fingerprint density at radius 2 is 2.00 bits per heavy atom. The van der Waals surface area contributed by atoms with Crippen LogP contribution in [0.25, 0.3) is 0 Å². The first kappa shape index (κ1) is 16.2. The summed E-state index contributed by atoms with van der Waals surface area (Å²) in [7, 11) is 0. The summed E-state index contributed by atoms with van der Waals surface area (Å²) in [6.07, 6.45) is -0.801. The second-order valence-corrected chi connectivity index (χ2v) is 5.33. The lowest BCUT2D eigenvalue weighted by Gasteiger charge is -2.16. The molecule has 6 heteroatoms. The van der Waals surface area contributed by atoms with Gasteiger partial charge in [0, 0.05) is 5.02 Å². The standard InChI is InChI=1S/C16H12Cl2N2O2/c1-10(22-15-5-3-2-4-11(15)9-19)16(21)20-14-8-12(17)6-7-13(14)18/h2-8,10H,1H3,(H,20,21). The molecule has 2 aromatic rings. The van der Waals surface area contributed by atoms with Gasteiger partial charge in [0.2, 0.25) is 0 Å². The number of anilines is 1. The first-order chi connectivity index (χ1) is 10.5. The average molecular weight is 335 g/mol. The molecule has 0 saturated carbocycles. The van der Waals surface area contributed by atoms with Gasteiger partial charge in [0.1, 0.15) is 11.8 Å². The third-order valence-electron chi connectivity index (χ3n) is 2.87. The Balaban J connectivity index is 2.10. The lowest BCUT2D eigenvalue weighted by Crippen LogP contribution is -2.30. The molecule has 112 valence electrons. The smallest absolute Gasteiger partial charge is 0.265 e. The fourth-order valence-corrected chi connectivity index (χ4v) is 2.07. The number of hydrogen-bond donors (Lipinski definition) is 1. The van der Waals surface area contributed by atoms with E-state index < -0.39 is 12.0 Å². The first-order valence-corrected chi connectivity index (χ1v) is 7.18. The molecule has 2 rings (SSSR count). The van der Waals surface area contributed by atoms with Gasteiger partial charge in [0.15, 0.2) is 6.10 Å². The van der Waals surface area contributed by atoms with Gasteiger partial charge in [-0.1, -0.05) is 35.3 Å². The quantitative estimate of drug-likeness (QED) is 0.907. The highest BCUT2D eigenvalue weighted by molar-refractivity contribution is 6.35. The number of nitrogens with one attached hydrogen (secondary N) is 1. The van der Waals surface area contributed by atoms with Crippen molar-refractivity contribution in [2.45, 2.75) is 13.0 Å². The number of rotatable bonds is 4. The Bertz CT molecular complexity index is 741. The molecule has 0 aliphatic heterocycles. The highest BCUT2D eigenvalue weighted by Gasteiger charge is 2.17. The van der Waals surface area contributed by atoms with E-state index in [2.05, 4.69) is 5.32 Å². The first-order valence-electron chi connectivity index (χ1n) is 6.43. The van der Waals surface area contributed by atoms with Gasteiger partial charge in [0.05, 0.1) is 16.3 Å².